The monoisotopic (exact) mass is 479 g/mol. The maximum atomic E-state index is 13.5. The van der Waals surface area contributed by atoms with Gasteiger partial charge in [-0.2, -0.15) is 0 Å². The first-order valence-electron chi connectivity index (χ1n) is 11.8. The smallest absolute Gasteiger partial charge is 0.265 e. The molecule has 1 spiro atoms. The maximum Gasteiger partial charge on any atom is 0.265 e. The fraction of sp³-hybridized carbons (Fsp3) is 0.423. The van der Waals surface area contributed by atoms with Crippen LogP contribution in [0.2, 0.25) is 0 Å². The highest BCUT2D eigenvalue weighted by Gasteiger charge is 2.51. The number of rotatable bonds is 6. The summed E-state index contributed by atoms with van der Waals surface area (Å²) >= 11 is 0. The summed E-state index contributed by atoms with van der Waals surface area (Å²) in [5.41, 5.74) is 0.0253. The van der Waals surface area contributed by atoms with E-state index in [4.69, 9.17) is 9.47 Å². The van der Waals surface area contributed by atoms with E-state index >= 15 is 0 Å². The van der Waals surface area contributed by atoms with Gasteiger partial charge in [0.2, 0.25) is 5.91 Å². The van der Waals surface area contributed by atoms with E-state index in [1.54, 1.807) is 47.4 Å². The number of hydrogen-bond donors (Lipinski definition) is 2. The third-order valence-electron chi connectivity index (χ3n) is 6.96. The van der Waals surface area contributed by atoms with Crippen LogP contribution < -0.4 is 10.2 Å². The van der Waals surface area contributed by atoms with Gasteiger partial charge in [0, 0.05) is 49.7 Å². The molecular weight excluding hydrogens is 450 g/mol. The minimum Gasteiger partial charge on any atom is -0.375 e. The zero-order valence-corrected chi connectivity index (χ0v) is 19.7. The highest BCUT2D eigenvalue weighted by atomic mass is 16.7. The van der Waals surface area contributed by atoms with E-state index in [0.717, 1.165) is 0 Å². The molecule has 9 nitrogen and oxygen atoms in total. The Morgan fingerprint density at radius 1 is 1.03 bits per heavy atom. The number of fused-ring (bicyclic) bond motifs is 1. The van der Waals surface area contributed by atoms with E-state index < -0.39 is 17.3 Å². The number of nitrogens with one attached hydrogen (secondary N) is 1. The highest BCUT2D eigenvalue weighted by Crippen LogP contribution is 2.43. The number of para-hydroxylation sites is 1. The maximum absolute atomic E-state index is 13.5. The lowest BCUT2D eigenvalue weighted by Crippen LogP contribution is -2.51. The number of nitrogens with zero attached hydrogens (tertiary/aromatic N) is 2. The molecule has 0 saturated carbocycles. The Balaban J connectivity index is 1.31. The van der Waals surface area contributed by atoms with Crippen molar-refractivity contribution in [1.82, 2.24) is 4.90 Å². The normalized spacial score (nSPS) is 23.5. The largest absolute Gasteiger partial charge is 0.375 e. The average Bonchev–Trinajstić information content (AvgIpc) is 3.38. The van der Waals surface area contributed by atoms with Crippen molar-refractivity contribution in [3.63, 3.8) is 0 Å². The standard InChI is InChI=1S/C26H29N3O6/c1-18(30)27-20-8-6-19(7-9-20)23(31)16-26(33)21-4-2-3-5-22(21)29(24(26)32)17-28-12-10-25(11-13-28)34-14-15-35-25/h2-9,33H,10-17H2,1H3,(H,27,30)/t26-/m1/s1. The van der Waals surface area contributed by atoms with Crippen molar-refractivity contribution < 1.29 is 29.0 Å². The topological polar surface area (TPSA) is 108 Å². The van der Waals surface area contributed by atoms with Crippen LogP contribution in [0.1, 0.15) is 42.1 Å². The van der Waals surface area contributed by atoms with Crippen LogP contribution in [0.25, 0.3) is 0 Å². The molecule has 3 aliphatic rings. The van der Waals surface area contributed by atoms with Crippen molar-refractivity contribution in [2.45, 2.75) is 37.6 Å². The van der Waals surface area contributed by atoms with Gasteiger partial charge in [-0.25, -0.2) is 0 Å². The number of ketones is 1. The quantitative estimate of drug-likeness (QED) is 0.612. The number of Topliss-reactive ketones (excluding diaryl/α,β-unsaturated/α-hetero) is 1. The first-order chi connectivity index (χ1) is 16.8. The molecular formula is C26H29N3O6. The molecule has 2 fully saturated rings. The molecule has 0 aromatic heterocycles. The number of likely N-dealkylation sites (tertiary alicyclic amines) is 1. The Bertz CT molecular complexity index is 1130. The van der Waals surface area contributed by atoms with Crippen LogP contribution in [0.15, 0.2) is 48.5 Å². The molecule has 2 amide bonds. The predicted octanol–water partition coefficient (Wildman–Crippen LogP) is 2.25. The molecule has 5 rings (SSSR count). The lowest BCUT2D eigenvalue weighted by atomic mass is 9.88. The van der Waals surface area contributed by atoms with Gasteiger partial charge in [-0.15, -0.1) is 0 Å². The number of carbonyl (C=O) groups is 3. The van der Waals surface area contributed by atoms with Crippen LogP contribution in [0.5, 0.6) is 0 Å². The molecule has 2 N–H and O–H groups in total. The summed E-state index contributed by atoms with van der Waals surface area (Å²) in [6.07, 6.45) is 1.06. The van der Waals surface area contributed by atoms with Gasteiger partial charge in [-0.1, -0.05) is 18.2 Å². The molecule has 184 valence electrons. The van der Waals surface area contributed by atoms with Gasteiger partial charge in [0.05, 0.1) is 32.0 Å². The molecule has 2 saturated heterocycles. The molecule has 0 unspecified atom stereocenters. The van der Waals surface area contributed by atoms with Gasteiger partial charge in [-0.05, 0) is 30.3 Å². The molecule has 2 aromatic rings. The molecule has 0 bridgehead atoms. The van der Waals surface area contributed by atoms with E-state index in [-0.39, 0.29) is 18.1 Å². The van der Waals surface area contributed by atoms with Crippen LogP contribution in [0, 0.1) is 0 Å². The summed E-state index contributed by atoms with van der Waals surface area (Å²) < 4.78 is 11.6. The van der Waals surface area contributed by atoms with Gasteiger partial charge in [0.25, 0.3) is 5.91 Å². The summed E-state index contributed by atoms with van der Waals surface area (Å²) in [6, 6.07) is 13.5. The van der Waals surface area contributed by atoms with Gasteiger partial charge in [-0.3, -0.25) is 24.2 Å². The fourth-order valence-corrected chi connectivity index (χ4v) is 5.12. The van der Waals surface area contributed by atoms with Crippen molar-refractivity contribution >= 4 is 29.0 Å². The minimum atomic E-state index is -1.95. The predicted molar refractivity (Wildman–Crippen MR) is 128 cm³/mol. The zero-order chi connectivity index (χ0) is 24.6. The number of amides is 2. The van der Waals surface area contributed by atoms with Gasteiger partial charge < -0.3 is 19.9 Å². The number of aliphatic hydroxyl groups is 1. The van der Waals surface area contributed by atoms with Crippen LogP contribution in [0.3, 0.4) is 0 Å². The molecule has 0 radical (unpaired) electrons. The van der Waals surface area contributed by atoms with E-state index in [1.165, 1.54) is 6.92 Å². The summed E-state index contributed by atoms with van der Waals surface area (Å²) in [5.74, 6) is -1.58. The summed E-state index contributed by atoms with van der Waals surface area (Å²) in [6.45, 7) is 4.33. The highest BCUT2D eigenvalue weighted by molar-refractivity contribution is 6.10. The Kier molecular flexibility index (Phi) is 6.18. The Morgan fingerprint density at radius 2 is 1.69 bits per heavy atom. The van der Waals surface area contributed by atoms with Crippen LogP contribution >= 0.6 is 0 Å². The molecule has 9 heteroatoms. The molecule has 1 atom stereocenters. The lowest BCUT2D eigenvalue weighted by Gasteiger charge is -2.39. The van der Waals surface area contributed by atoms with E-state index in [0.29, 0.717) is 68.3 Å². The van der Waals surface area contributed by atoms with Gasteiger partial charge in [0.15, 0.2) is 17.2 Å². The Hall–Kier alpha value is -3.11. The zero-order valence-electron chi connectivity index (χ0n) is 19.7. The van der Waals surface area contributed by atoms with Crippen LogP contribution in [-0.4, -0.2) is 66.4 Å². The van der Waals surface area contributed by atoms with Crippen molar-refractivity contribution in [1.29, 1.82) is 0 Å². The Labute approximate surface area is 203 Å². The first kappa shape index (κ1) is 23.6. The minimum absolute atomic E-state index is 0.209. The molecule has 3 heterocycles. The van der Waals surface area contributed by atoms with E-state index in [1.807, 2.05) is 6.07 Å². The second-order valence-electron chi connectivity index (χ2n) is 9.34. The fourth-order valence-electron chi connectivity index (χ4n) is 5.12. The molecule has 0 aliphatic carbocycles. The van der Waals surface area contributed by atoms with Crippen molar-refractivity contribution in [2.24, 2.45) is 0 Å². The first-order valence-corrected chi connectivity index (χ1v) is 11.8. The number of ether oxygens (including phenoxy) is 2. The summed E-state index contributed by atoms with van der Waals surface area (Å²) in [4.78, 5) is 41.6. The van der Waals surface area contributed by atoms with Crippen molar-refractivity contribution in [2.75, 3.05) is 43.2 Å². The number of hydrogen-bond acceptors (Lipinski definition) is 7. The Morgan fingerprint density at radius 3 is 2.34 bits per heavy atom. The number of piperidine rings is 1. The number of benzene rings is 2. The molecule has 35 heavy (non-hydrogen) atoms. The van der Waals surface area contributed by atoms with Crippen LogP contribution in [0.4, 0.5) is 11.4 Å². The third-order valence-corrected chi connectivity index (χ3v) is 6.96. The van der Waals surface area contributed by atoms with E-state index in [2.05, 4.69) is 10.2 Å². The molecule has 3 aliphatic heterocycles. The third kappa shape index (κ3) is 4.48. The second kappa shape index (κ2) is 9.16. The number of carbonyl (C=O) groups excluding carboxylic acids is 3. The van der Waals surface area contributed by atoms with Gasteiger partial charge >= 0.3 is 0 Å². The second-order valence-corrected chi connectivity index (χ2v) is 9.34. The lowest BCUT2D eigenvalue weighted by molar-refractivity contribution is -0.185. The number of anilines is 2. The SMILES string of the molecule is CC(=O)Nc1ccc(C(=O)C[C@]2(O)C(=O)N(CN3CCC4(CC3)OCCO4)c3ccccc32)cc1. The summed E-state index contributed by atoms with van der Waals surface area (Å²) in [7, 11) is 0. The van der Waals surface area contributed by atoms with E-state index in [9.17, 15) is 19.5 Å². The van der Waals surface area contributed by atoms with Crippen LogP contribution in [-0.2, 0) is 24.7 Å². The van der Waals surface area contributed by atoms with Crippen molar-refractivity contribution in [3.05, 3.63) is 59.7 Å². The molecule has 2 aromatic carbocycles. The average molecular weight is 480 g/mol. The summed E-state index contributed by atoms with van der Waals surface area (Å²) in [5, 5.41) is 14.2. The van der Waals surface area contributed by atoms with Gasteiger partial charge in [0.1, 0.15) is 0 Å². The van der Waals surface area contributed by atoms with Crippen molar-refractivity contribution in [3.8, 4) is 0 Å².